The highest BCUT2D eigenvalue weighted by molar-refractivity contribution is 9.09. The lowest BCUT2D eigenvalue weighted by molar-refractivity contribution is -0.118. The van der Waals surface area contributed by atoms with Gasteiger partial charge in [0.1, 0.15) is 0 Å². The van der Waals surface area contributed by atoms with Gasteiger partial charge in [-0.1, -0.05) is 66.9 Å². The molecule has 21 heavy (non-hydrogen) atoms. The molecule has 1 N–H and O–H groups in total. The van der Waals surface area contributed by atoms with Crippen molar-refractivity contribution in [3.05, 3.63) is 41.1 Å². The Morgan fingerprint density at radius 2 is 1.76 bits per heavy atom. The molecule has 0 bridgehead atoms. The smallest absolute Gasteiger partial charge is 0.221 e. The predicted octanol–water partition coefficient (Wildman–Crippen LogP) is 3.93. The standard InChI is InChI=1S/C17H20BrNO2/c1-4-11(5-2)15(18)14-12-8-6-7-9-13(12)17(21)16(14)19-10(3)20/h6-9,11,15H,4-5H2,1-3H3,(H,19,20,21). The molecule has 4 heteroatoms. The molecule has 0 radical (unpaired) electrons. The van der Waals surface area contributed by atoms with Crippen LogP contribution in [0.2, 0.25) is 0 Å². The first-order valence-electron chi connectivity index (χ1n) is 7.31. The van der Waals surface area contributed by atoms with Gasteiger partial charge in [0.15, 0.2) is 0 Å². The van der Waals surface area contributed by atoms with Gasteiger partial charge >= 0.3 is 0 Å². The van der Waals surface area contributed by atoms with Crippen molar-refractivity contribution in [1.29, 1.82) is 0 Å². The minimum absolute atomic E-state index is 0.0574. The molecule has 0 aromatic heterocycles. The largest absolute Gasteiger partial charge is 0.323 e. The van der Waals surface area contributed by atoms with Gasteiger partial charge < -0.3 is 5.32 Å². The number of halogens is 1. The van der Waals surface area contributed by atoms with Gasteiger partial charge in [0.25, 0.3) is 0 Å². The fourth-order valence-electron chi connectivity index (χ4n) is 2.83. The van der Waals surface area contributed by atoms with Crippen molar-refractivity contribution in [3.8, 4) is 0 Å². The number of amides is 1. The summed E-state index contributed by atoms with van der Waals surface area (Å²) in [5, 5.41) is 2.73. The Balaban J connectivity index is 2.55. The molecule has 1 amide bonds. The van der Waals surface area contributed by atoms with Crippen molar-refractivity contribution in [2.24, 2.45) is 5.92 Å². The number of ketones is 1. The Labute approximate surface area is 133 Å². The second-order valence-electron chi connectivity index (χ2n) is 5.32. The lowest BCUT2D eigenvalue weighted by Crippen LogP contribution is -2.26. The number of nitrogens with one attached hydrogen (secondary N) is 1. The van der Waals surface area contributed by atoms with E-state index in [1.807, 2.05) is 24.3 Å². The maximum absolute atomic E-state index is 12.6. The molecule has 0 heterocycles. The summed E-state index contributed by atoms with van der Waals surface area (Å²) in [7, 11) is 0. The van der Waals surface area contributed by atoms with Crippen LogP contribution in [0.3, 0.4) is 0 Å². The monoisotopic (exact) mass is 349 g/mol. The highest BCUT2D eigenvalue weighted by atomic mass is 79.9. The van der Waals surface area contributed by atoms with Crippen LogP contribution < -0.4 is 5.32 Å². The molecule has 112 valence electrons. The van der Waals surface area contributed by atoms with E-state index in [1.54, 1.807) is 0 Å². The number of benzene rings is 1. The Bertz CT molecular complexity index is 603. The molecule has 0 saturated heterocycles. The number of Topliss-reactive ketones (excluding diaryl/α,β-unsaturated/α-hetero) is 1. The number of carbonyl (C=O) groups excluding carboxylic acids is 2. The van der Waals surface area contributed by atoms with Gasteiger partial charge in [-0.25, -0.2) is 0 Å². The summed E-state index contributed by atoms with van der Waals surface area (Å²) < 4.78 is 0. The number of fused-ring (bicyclic) bond motifs is 1. The van der Waals surface area contributed by atoms with Crippen LogP contribution in [0.15, 0.2) is 30.0 Å². The summed E-state index contributed by atoms with van der Waals surface area (Å²) in [6.45, 7) is 5.72. The third-order valence-corrected chi connectivity index (χ3v) is 5.20. The van der Waals surface area contributed by atoms with Crippen LogP contribution in [0, 0.1) is 5.92 Å². The number of alkyl halides is 1. The van der Waals surface area contributed by atoms with Crippen LogP contribution in [0.25, 0.3) is 5.57 Å². The van der Waals surface area contributed by atoms with E-state index in [9.17, 15) is 9.59 Å². The second-order valence-corrected chi connectivity index (χ2v) is 6.31. The van der Waals surface area contributed by atoms with E-state index in [1.165, 1.54) is 6.92 Å². The van der Waals surface area contributed by atoms with Crippen molar-refractivity contribution in [3.63, 3.8) is 0 Å². The van der Waals surface area contributed by atoms with Gasteiger partial charge in [-0.15, -0.1) is 0 Å². The molecular weight excluding hydrogens is 330 g/mol. The van der Waals surface area contributed by atoms with E-state index in [4.69, 9.17) is 0 Å². The normalized spacial score (nSPS) is 15.4. The van der Waals surface area contributed by atoms with Crippen LogP contribution >= 0.6 is 15.9 Å². The Hall–Kier alpha value is -1.42. The molecular formula is C17H20BrNO2. The Morgan fingerprint density at radius 3 is 2.29 bits per heavy atom. The molecule has 1 atom stereocenters. The lowest BCUT2D eigenvalue weighted by atomic mass is 9.91. The third-order valence-electron chi connectivity index (χ3n) is 4.00. The second kappa shape index (κ2) is 6.56. The molecule has 1 unspecified atom stereocenters. The highest BCUT2D eigenvalue weighted by Gasteiger charge is 2.35. The molecule has 3 nitrogen and oxygen atoms in total. The molecule has 1 aliphatic carbocycles. The van der Waals surface area contributed by atoms with Gasteiger partial charge in [0.2, 0.25) is 11.7 Å². The van der Waals surface area contributed by atoms with Crippen molar-refractivity contribution in [1.82, 2.24) is 5.32 Å². The van der Waals surface area contributed by atoms with Gasteiger partial charge in [0, 0.05) is 22.9 Å². The quantitative estimate of drug-likeness (QED) is 0.818. The Morgan fingerprint density at radius 1 is 1.19 bits per heavy atom. The number of rotatable bonds is 5. The molecule has 2 rings (SSSR count). The summed E-state index contributed by atoms with van der Waals surface area (Å²) in [5.74, 6) is 0.113. The molecule has 0 saturated carbocycles. The minimum atomic E-state index is -0.215. The van der Waals surface area contributed by atoms with Crippen molar-refractivity contribution in [2.75, 3.05) is 0 Å². The fraction of sp³-hybridized carbons (Fsp3) is 0.412. The maximum atomic E-state index is 12.6. The fourth-order valence-corrected chi connectivity index (χ4v) is 4.06. The van der Waals surface area contributed by atoms with Crippen LogP contribution in [-0.4, -0.2) is 16.5 Å². The van der Waals surface area contributed by atoms with Crippen LogP contribution in [0.5, 0.6) is 0 Å². The summed E-state index contributed by atoms with van der Waals surface area (Å²) in [4.78, 5) is 24.1. The molecule has 1 aromatic carbocycles. The van der Waals surface area contributed by atoms with Crippen molar-refractivity contribution in [2.45, 2.75) is 38.4 Å². The van der Waals surface area contributed by atoms with Gasteiger partial charge in [0.05, 0.1) is 5.70 Å². The molecule has 0 spiro atoms. The average molecular weight is 350 g/mol. The minimum Gasteiger partial charge on any atom is -0.323 e. The number of allylic oxidation sites excluding steroid dienone is 2. The van der Waals surface area contributed by atoms with Crippen LogP contribution in [0.1, 0.15) is 49.5 Å². The topological polar surface area (TPSA) is 46.2 Å². The van der Waals surface area contributed by atoms with Gasteiger partial charge in [-0.05, 0) is 11.5 Å². The lowest BCUT2D eigenvalue weighted by Gasteiger charge is -2.22. The molecule has 0 fully saturated rings. The van der Waals surface area contributed by atoms with Crippen molar-refractivity contribution >= 4 is 33.2 Å². The van der Waals surface area contributed by atoms with Crippen LogP contribution in [-0.2, 0) is 4.79 Å². The summed E-state index contributed by atoms with van der Waals surface area (Å²) in [6, 6.07) is 7.55. The highest BCUT2D eigenvalue weighted by Crippen LogP contribution is 2.40. The number of hydrogen-bond donors (Lipinski definition) is 1. The molecule has 1 aliphatic rings. The summed E-state index contributed by atoms with van der Waals surface area (Å²) >= 11 is 3.76. The maximum Gasteiger partial charge on any atom is 0.221 e. The zero-order chi connectivity index (χ0) is 15.6. The van der Waals surface area contributed by atoms with E-state index in [0.29, 0.717) is 17.2 Å². The first-order valence-corrected chi connectivity index (χ1v) is 8.22. The van der Waals surface area contributed by atoms with E-state index in [2.05, 4.69) is 35.1 Å². The summed E-state index contributed by atoms with van der Waals surface area (Å²) in [6.07, 6.45) is 2.03. The van der Waals surface area contributed by atoms with Gasteiger partial charge in [-0.3, -0.25) is 9.59 Å². The predicted molar refractivity (Wildman–Crippen MR) is 88.3 cm³/mol. The number of carbonyl (C=O) groups is 2. The SMILES string of the molecule is CCC(CC)C(Br)C1=C(NC(C)=O)C(=O)c2ccccc21. The summed E-state index contributed by atoms with van der Waals surface area (Å²) in [5.41, 5.74) is 2.95. The number of hydrogen-bond acceptors (Lipinski definition) is 2. The molecule has 0 aliphatic heterocycles. The van der Waals surface area contributed by atoms with E-state index >= 15 is 0 Å². The van der Waals surface area contributed by atoms with Crippen LogP contribution in [0.4, 0.5) is 0 Å². The molecule has 1 aromatic rings. The van der Waals surface area contributed by atoms with Crippen molar-refractivity contribution < 1.29 is 9.59 Å². The van der Waals surface area contributed by atoms with E-state index in [-0.39, 0.29) is 16.5 Å². The zero-order valence-electron chi connectivity index (χ0n) is 12.6. The Kier molecular flexibility index (Phi) is 4.99. The zero-order valence-corrected chi connectivity index (χ0v) is 14.2. The van der Waals surface area contributed by atoms with E-state index in [0.717, 1.165) is 24.0 Å². The van der Waals surface area contributed by atoms with E-state index < -0.39 is 0 Å². The third kappa shape index (κ3) is 2.95. The average Bonchev–Trinajstić information content (AvgIpc) is 2.73. The van der Waals surface area contributed by atoms with Gasteiger partial charge in [-0.2, -0.15) is 0 Å². The first kappa shape index (κ1) is 16.0. The first-order chi connectivity index (χ1) is 10.0.